The van der Waals surface area contributed by atoms with Gasteiger partial charge in [-0.1, -0.05) is 0 Å². The van der Waals surface area contributed by atoms with Crippen LogP contribution in [0, 0.1) is 0 Å². The third-order valence-corrected chi connectivity index (χ3v) is 1.91. The largest absolute Gasteiger partial charge is 0.490 e. The van der Waals surface area contributed by atoms with Crippen LogP contribution in [0.2, 0.25) is 0 Å². The van der Waals surface area contributed by atoms with E-state index in [-0.39, 0.29) is 11.4 Å². The second-order valence-corrected chi connectivity index (χ2v) is 3.32. The fourth-order valence-corrected chi connectivity index (χ4v) is 1.14. The summed E-state index contributed by atoms with van der Waals surface area (Å²) in [7, 11) is 0. The van der Waals surface area contributed by atoms with Crippen LogP contribution in [0.25, 0.3) is 5.65 Å². The molecule has 0 aliphatic heterocycles. The molecular weight excluding hydrogens is 283 g/mol. The Morgan fingerprint density at radius 2 is 1.90 bits per heavy atom. The normalized spacial score (nSPS) is 10.8. The van der Waals surface area contributed by atoms with Gasteiger partial charge in [0.25, 0.3) is 5.91 Å². The zero-order chi connectivity index (χ0) is 15.5. The Bertz CT molecular complexity index is 652. The molecule has 0 atom stereocenters. The maximum absolute atomic E-state index is 10.9. The van der Waals surface area contributed by atoms with E-state index in [0.29, 0.717) is 5.65 Å². The van der Waals surface area contributed by atoms with Gasteiger partial charge in [-0.25, -0.2) is 14.3 Å². The number of carbonyl (C=O) groups is 2. The van der Waals surface area contributed by atoms with Crippen LogP contribution in [-0.4, -0.2) is 37.8 Å². The molecule has 0 aliphatic rings. The van der Waals surface area contributed by atoms with Gasteiger partial charge in [-0.15, -0.1) is 5.10 Å². The molecule has 8 nitrogen and oxygen atoms in total. The smallest absolute Gasteiger partial charge is 0.475 e. The van der Waals surface area contributed by atoms with Crippen LogP contribution in [-0.2, 0) is 4.79 Å². The van der Waals surface area contributed by atoms with Gasteiger partial charge < -0.3 is 16.6 Å². The zero-order valence-electron chi connectivity index (χ0n) is 9.63. The van der Waals surface area contributed by atoms with E-state index < -0.39 is 18.1 Å². The van der Waals surface area contributed by atoms with Crippen LogP contribution in [0.4, 0.5) is 19.0 Å². The Kier molecular flexibility index (Phi) is 4.12. The van der Waals surface area contributed by atoms with Gasteiger partial charge in [0.2, 0.25) is 0 Å². The summed E-state index contributed by atoms with van der Waals surface area (Å²) < 4.78 is 33.1. The lowest BCUT2D eigenvalue weighted by Gasteiger charge is -1.93. The number of anilines is 1. The number of carboxylic acid groups (broad SMARTS) is 1. The Morgan fingerprint density at radius 3 is 2.35 bits per heavy atom. The molecule has 0 saturated carbocycles. The van der Waals surface area contributed by atoms with Crippen LogP contribution in [0.1, 0.15) is 10.4 Å². The van der Waals surface area contributed by atoms with Gasteiger partial charge in [0.15, 0.2) is 11.5 Å². The number of nitrogens with two attached hydrogens (primary N) is 2. The summed E-state index contributed by atoms with van der Waals surface area (Å²) in [5, 5.41) is 11.0. The predicted octanol–water partition coefficient (Wildman–Crippen LogP) is 0.0437. The van der Waals surface area contributed by atoms with Crippen molar-refractivity contribution in [2.45, 2.75) is 6.18 Å². The Morgan fingerprint density at radius 1 is 1.35 bits per heavy atom. The van der Waals surface area contributed by atoms with Crippen molar-refractivity contribution in [1.29, 1.82) is 0 Å². The first kappa shape index (κ1) is 15.2. The van der Waals surface area contributed by atoms with E-state index in [2.05, 4.69) is 10.1 Å². The molecular formula is C9H8F3N5O3. The number of nitrogens with zero attached hydrogens (tertiary/aromatic N) is 3. The summed E-state index contributed by atoms with van der Waals surface area (Å²) in [6.45, 7) is 0. The number of hydrogen-bond donors (Lipinski definition) is 3. The first-order chi connectivity index (χ1) is 9.14. The zero-order valence-corrected chi connectivity index (χ0v) is 9.63. The number of amides is 1. The molecule has 2 rings (SSSR count). The van der Waals surface area contributed by atoms with Crippen molar-refractivity contribution in [2.75, 3.05) is 5.73 Å². The highest BCUT2D eigenvalue weighted by Crippen LogP contribution is 2.14. The predicted molar refractivity (Wildman–Crippen MR) is 59.6 cm³/mol. The van der Waals surface area contributed by atoms with Crippen molar-refractivity contribution < 1.29 is 27.9 Å². The topological polar surface area (TPSA) is 137 Å². The molecule has 2 heterocycles. The van der Waals surface area contributed by atoms with Gasteiger partial charge in [0, 0.05) is 12.4 Å². The van der Waals surface area contributed by atoms with Crippen molar-refractivity contribution in [2.24, 2.45) is 5.73 Å². The maximum Gasteiger partial charge on any atom is 0.490 e. The van der Waals surface area contributed by atoms with Gasteiger partial charge in [0.1, 0.15) is 5.56 Å². The van der Waals surface area contributed by atoms with E-state index in [4.69, 9.17) is 21.4 Å². The summed E-state index contributed by atoms with van der Waals surface area (Å²) in [4.78, 5) is 23.8. The standard InChI is InChI=1S/C7H7N5O.C2HF3O2/c8-5-4(6(9)13)7-10-2-1-3-12(7)11-5;3-2(4,5)1(6)7/h1-3H,(H2,8,11)(H2,9,13);(H,6,7). The molecule has 0 aliphatic carbocycles. The highest BCUT2D eigenvalue weighted by Gasteiger charge is 2.38. The molecule has 0 fully saturated rings. The minimum atomic E-state index is -5.08. The quantitative estimate of drug-likeness (QED) is 0.678. The fourth-order valence-electron chi connectivity index (χ4n) is 1.14. The molecule has 0 aromatic carbocycles. The Balaban J connectivity index is 0.000000246. The second-order valence-electron chi connectivity index (χ2n) is 3.32. The van der Waals surface area contributed by atoms with Crippen molar-refractivity contribution in [1.82, 2.24) is 14.6 Å². The second kappa shape index (κ2) is 5.42. The SMILES string of the molecule is NC(=O)c1c(N)nn2cccnc12.O=C(O)C(F)(F)F. The number of hydrogen-bond acceptors (Lipinski definition) is 5. The number of aromatic nitrogens is 3. The third-order valence-electron chi connectivity index (χ3n) is 1.91. The third kappa shape index (κ3) is 3.34. The lowest BCUT2D eigenvalue weighted by molar-refractivity contribution is -0.192. The first-order valence-electron chi connectivity index (χ1n) is 4.83. The van der Waals surface area contributed by atoms with Gasteiger partial charge >= 0.3 is 12.1 Å². The van der Waals surface area contributed by atoms with E-state index in [1.807, 2.05) is 0 Å². The monoisotopic (exact) mass is 291 g/mol. The molecule has 0 unspecified atom stereocenters. The first-order valence-corrected chi connectivity index (χ1v) is 4.83. The van der Waals surface area contributed by atoms with Gasteiger partial charge in [-0.3, -0.25) is 4.79 Å². The lowest BCUT2D eigenvalue weighted by atomic mass is 10.3. The van der Waals surface area contributed by atoms with Crippen molar-refractivity contribution in [3.05, 3.63) is 24.0 Å². The molecule has 0 spiro atoms. The van der Waals surface area contributed by atoms with Crippen molar-refractivity contribution in [3.8, 4) is 0 Å². The molecule has 2 aromatic heterocycles. The highest BCUT2D eigenvalue weighted by atomic mass is 19.4. The number of rotatable bonds is 1. The molecule has 5 N–H and O–H groups in total. The van der Waals surface area contributed by atoms with E-state index >= 15 is 0 Å². The molecule has 0 bridgehead atoms. The van der Waals surface area contributed by atoms with Crippen LogP contribution < -0.4 is 11.5 Å². The van der Waals surface area contributed by atoms with Gasteiger partial charge in [0.05, 0.1) is 0 Å². The number of alkyl halides is 3. The van der Waals surface area contributed by atoms with E-state index in [9.17, 15) is 18.0 Å². The summed E-state index contributed by atoms with van der Waals surface area (Å²) in [6.07, 6.45) is -1.89. The number of carboxylic acids is 1. The molecule has 2 aromatic rings. The van der Waals surface area contributed by atoms with Gasteiger partial charge in [-0.2, -0.15) is 13.2 Å². The molecule has 1 amide bonds. The summed E-state index contributed by atoms with van der Waals surface area (Å²) >= 11 is 0. The average molecular weight is 291 g/mol. The van der Waals surface area contributed by atoms with E-state index in [1.54, 1.807) is 18.5 Å². The number of carbonyl (C=O) groups excluding carboxylic acids is 1. The molecule has 108 valence electrons. The molecule has 0 radical (unpaired) electrons. The summed E-state index contributed by atoms with van der Waals surface area (Å²) in [6, 6.07) is 1.68. The van der Waals surface area contributed by atoms with Crippen molar-refractivity contribution in [3.63, 3.8) is 0 Å². The van der Waals surface area contributed by atoms with Crippen LogP contribution in [0.5, 0.6) is 0 Å². The number of fused-ring (bicyclic) bond motifs is 1. The number of nitrogen functional groups attached to an aromatic ring is 1. The molecule has 20 heavy (non-hydrogen) atoms. The van der Waals surface area contributed by atoms with Crippen LogP contribution >= 0.6 is 0 Å². The highest BCUT2D eigenvalue weighted by molar-refractivity contribution is 6.03. The van der Waals surface area contributed by atoms with E-state index in [0.717, 1.165) is 0 Å². The summed E-state index contributed by atoms with van der Waals surface area (Å²) in [5.41, 5.74) is 11.1. The van der Waals surface area contributed by atoms with Crippen molar-refractivity contribution >= 4 is 23.3 Å². The maximum atomic E-state index is 10.9. The lowest BCUT2D eigenvalue weighted by Crippen LogP contribution is -2.21. The Labute approximate surface area is 108 Å². The minimum Gasteiger partial charge on any atom is -0.475 e. The van der Waals surface area contributed by atoms with E-state index in [1.165, 1.54) is 4.52 Å². The van der Waals surface area contributed by atoms with Crippen LogP contribution in [0.15, 0.2) is 18.5 Å². The fraction of sp³-hybridized carbons (Fsp3) is 0.111. The minimum absolute atomic E-state index is 0.103. The summed E-state index contributed by atoms with van der Waals surface area (Å²) in [5.74, 6) is -3.27. The molecule has 11 heteroatoms. The Hall–Kier alpha value is -2.85. The average Bonchev–Trinajstić information content (AvgIpc) is 2.64. The molecule has 0 saturated heterocycles. The number of halogens is 3. The number of primary amides is 1. The number of aliphatic carboxylic acids is 1. The van der Waals surface area contributed by atoms with Crippen LogP contribution in [0.3, 0.4) is 0 Å². The van der Waals surface area contributed by atoms with Gasteiger partial charge in [-0.05, 0) is 6.07 Å².